The summed E-state index contributed by atoms with van der Waals surface area (Å²) >= 11 is 0. The molecule has 0 saturated carbocycles. The molecule has 2 aliphatic rings. The highest BCUT2D eigenvalue weighted by Gasteiger charge is 2.44. The second-order valence-corrected chi connectivity index (χ2v) is 8.82. The Balaban J connectivity index is 1.70. The van der Waals surface area contributed by atoms with Crippen molar-refractivity contribution in [3.05, 3.63) is 66.0 Å². The molecule has 0 radical (unpaired) electrons. The standard InChI is InChI=1S/C20H22FN3O4S/c21-17-6-8-18(9-7-17)29(26,27)24-11-10-23(19(24)16-4-2-1-3-5-16)20(25)22-12-14-28-15-13-22/h1-9,19H,10-15H2. The lowest BCUT2D eigenvalue weighted by atomic mass is 10.1. The van der Waals surface area contributed by atoms with Gasteiger partial charge >= 0.3 is 6.03 Å². The minimum absolute atomic E-state index is 0.000465. The van der Waals surface area contributed by atoms with Gasteiger partial charge in [0.05, 0.1) is 18.1 Å². The highest BCUT2D eigenvalue weighted by molar-refractivity contribution is 7.89. The van der Waals surface area contributed by atoms with E-state index in [2.05, 4.69) is 0 Å². The average Bonchev–Trinajstić information content (AvgIpc) is 3.21. The van der Waals surface area contributed by atoms with Gasteiger partial charge in [0.15, 0.2) is 0 Å². The molecule has 1 unspecified atom stereocenters. The van der Waals surface area contributed by atoms with Crippen LogP contribution < -0.4 is 0 Å². The number of amides is 2. The van der Waals surface area contributed by atoms with Crippen molar-refractivity contribution in [3.63, 3.8) is 0 Å². The number of ether oxygens (including phenoxy) is 1. The lowest BCUT2D eigenvalue weighted by molar-refractivity contribution is 0.0400. The fourth-order valence-corrected chi connectivity index (χ4v) is 5.28. The zero-order valence-electron chi connectivity index (χ0n) is 15.8. The molecule has 0 aromatic heterocycles. The van der Waals surface area contributed by atoms with Crippen LogP contribution in [0.2, 0.25) is 0 Å². The number of hydrogen-bond donors (Lipinski definition) is 0. The molecule has 7 nitrogen and oxygen atoms in total. The van der Waals surface area contributed by atoms with Crippen LogP contribution in [0.1, 0.15) is 11.7 Å². The number of halogens is 1. The number of hydrogen-bond acceptors (Lipinski definition) is 4. The van der Waals surface area contributed by atoms with E-state index >= 15 is 0 Å². The molecule has 2 aromatic carbocycles. The highest BCUT2D eigenvalue weighted by atomic mass is 32.2. The minimum Gasteiger partial charge on any atom is -0.378 e. The van der Waals surface area contributed by atoms with Gasteiger partial charge in [-0.05, 0) is 29.8 Å². The second kappa shape index (κ2) is 8.10. The summed E-state index contributed by atoms with van der Waals surface area (Å²) in [6.07, 6.45) is -0.762. The first-order chi connectivity index (χ1) is 14.0. The topological polar surface area (TPSA) is 70.2 Å². The molecule has 0 N–H and O–H groups in total. The van der Waals surface area contributed by atoms with E-state index in [-0.39, 0.29) is 24.0 Å². The minimum atomic E-state index is -3.92. The molecule has 2 saturated heterocycles. The molecule has 0 spiro atoms. The van der Waals surface area contributed by atoms with E-state index in [4.69, 9.17) is 4.74 Å². The van der Waals surface area contributed by atoms with E-state index in [9.17, 15) is 17.6 Å². The molecule has 4 rings (SSSR count). The Morgan fingerprint density at radius 1 is 0.931 bits per heavy atom. The number of carbonyl (C=O) groups excluding carboxylic acids is 1. The zero-order valence-corrected chi connectivity index (χ0v) is 16.6. The smallest absolute Gasteiger partial charge is 0.321 e. The van der Waals surface area contributed by atoms with E-state index in [0.29, 0.717) is 31.9 Å². The van der Waals surface area contributed by atoms with Crippen molar-refractivity contribution in [1.29, 1.82) is 0 Å². The van der Waals surface area contributed by atoms with Gasteiger partial charge in [-0.1, -0.05) is 30.3 Å². The van der Waals surface area contributed by atoms with Crippen molar-refractivity contribution in [1.82, 2.24) is 14.1 Å². The summed E-state index contributed by atoms with van der Waals surface area (Å²) in [6.45, 7) is 2.31. The van der Waals surface area contributed by atoms with Crippen molar-refractivity contribution in [2.45, 2.75) is 11.1 Å². The normalized spacial score (nSPS) is 20.8. The van der Waals surface area contributed by atoms with Gasteiger partial charge in [0, 0.05) is 26.2 Å². The van der Waals surface area contributed by atoms with Gasteiger partial charge in [0.25, 0.3) is 0 Å². The predicted octanol–water partition coefficient (Wildman–Crippen LogP) is 2.28. The van der Waals surface area contributed by atoms with E-state index in [1.54, 1.807) is 9.80 Å². The van der Waals surface area contributed by atoms with Crippen molar-refractivity contribution in [2.24, 2.45) is 0 Å². The SMILES string of the molecule is O=C(N1CCOCC1)N1CCN(S(=O)(=O)c2ccc(F)cc2)C1c1ccccc1. The third-order valence-corrected chi connectivity index (χ3v) is 7.04. The average molecular weight is 419 g/mol. The number of carbonyl (C=O) groups is 1. The zero-order chi connectivity index (χ0) is 20.4. The van der Waals surface area contributed by atoms with E-state index in [1.165, 1.54) is 16.4 Å². The number of nitrogens with zero attached hydrogens (tertiary/aromatic N) is 3. The van der Waals surface area contributed by atoms with Gasteiger partial charge in [-0.2, -0.15) is 4.31 Å². The predicted molar refractivity (Wildman–Crippen MR) is 104 cm³/mol. The molecule has 2 aliphatic heterocycles. The van der Waals surface area contributed by atoms with Crippen LogP contribution in [0.15, 0.2) is 59.5 Å². The third kappa shape index (κ3) is 3.85. The van der Waals surface area contributed by atoms with Gasteiger partial charge < -0.3 is 14.5 Å². The Labute approximate surface area is 169 Å². The molecule has 0 aliphatic carbocycles. The highest BCUT2D eigenvalue weighted by Crippen LogP contribution is 2.35. The lowest BCUT2D eigenvalue weighted by Gasteiger charge is -2.35. The van der Waals surface area contributed by atoms with Crippen molar-refractivity contribution in [3.8, 4) is 0 Å². The molecule has 2 heterocycles. The molecule has 2 fully saturated rings. The van der Waals surface area contributed by atoms with Gasteiger partial charge in [0.1, 0.15) is 12.0 Å². The Hall–Kier alpha value is -2.49. The number of morpholine rings is 1. The third-order valence-electron chi connectivity index (χ3n) is 5.17. The maximum absolute atomic E-state index is 13.3. The summed E-state index contributed by atoms with van der Waals surface area (Å²) < 4.78 is 46.5. The van der Waals surface area contributed by atoms with Gasteiger partial charge in [-0.15, -0.1) is 0 Å². The summed E-state index contributed by atoms with van der Waals surface area (Å²) in [5.74, 6) is -0.505. The number of benzene rings is 2. The van der Waals surface area contributed by atoms with Crippen molar-refractivity contribution in [2.75, 3.05) is 39.4 Å². The number of urea groups is 1. The monoisotopic (exact) mass is 419 g/mol. The molecular weight excluding hydrogens is 397 g/mol. The number of rotatable bonds is 3. The van der Waals surface area contributed by atoms with Gasteiger partial charge in [-0.25, -0.2) is 17.6 Å². The Morgan fingerprint density at radius 2 is 1.59 bits per heavy atom. The van der Waals surface area contributed by atoms with Crippen LogP contribution in [0.4, 0.5) is 9.18 Å². The van der Waals surface area contributed by atoms with Crippen LogP contribution in [0.5, 0.6) is 0 Å². The first-order valence-corrected chi connectivity index (χ1v) is 10.9. The Kier molecular flexibility index (Phi) is 5.53. The maximum Gasteiger partial charge on any atom is 0.321 e. The van der Waals surface area contributed by atoms with Crippen LogP contribution in [0, 0.1) is 5.82 Å². The second-order valence-electron chi connectivity index (χ2n) is 6.93. The summed E-state index contributed by atoms with van der Waals surface area (Å²) in [6, 6.07) is 13.6. The largest absolute Gasteiger partial charge is 0.378 e. The molecule has 0 bridgehead atoms. The quantitative estimate of drug-likeness (QED) is 0.766. The lowest BCUT2D eigenvalue weighted by Crippen LogP contribution is -2.49. The molecule has 2 amide bonds. The summed E-state index contributed by atoms with van der Waals surface area (Å²) in [5, 5.41) is 0. The van der Waals surface area contributed by atoms with Gasteiger partial charge in [-0.3, -0.25) is 0 Å². The molecule has 29 heavy (non-hydrogen) atoms. The van der Waals surface area contributed by atoms with Crippen LogP contribution in [0.25, 0.3) is 0 Å². The first kappa shape index (κ1) is 19.8. The van der Waals surface area contributed by atoms with Crippen LogP contribution in [-0.4, -0.2) is 67.9 Å². The Morgan fingerprint density at radius 3 is 2.24 bits per heavy atom. The van der Waals surface area contributed by atoms with Crippen LogP contribution in [-0.2, 0) is 14.8 Å². The fraction of sp³-hybridized carbons (Fsp3) is 0.350. The van der Waals surface area contributed by atoms with Crippen molar-refractivity contribution >= 4 is 16.1 Å². The fourth-order valence-electron chi connectivity index (χ4n) is 3.71. The van der Waals surface area contributed by atoms with E-state index in [1.807, 2.05) is 30.3 Å². The summed E-state index contributed by atoms with van der Waals surface area (Å²) in [7, 11) is -3.92. The Bertz CT molecular complexity index is 963. The maximum atomic E-state index is 13.3. The van der Waals surface area contributed by atoms with Crippen LogP contribution in [0.3, 0.4) is 0 Å². The van der Waals surface area contributed by atoms with Gasteiger partial charge in [0.2, 0.25) is 10.0 Å². The first-order valence-electron chi connectivity index (χ1n) is 9.44. The molecule has 154 valence electrons. The molecule has 2 aromatic rings. The van der Waals surface area contributed by atoms with Crippen LogP contribution >= 0.6 is 0 Å². The molecule has 1 atom stereocenters. The van der Waals surface area contributed by atoms with E-state index in [0.717, 1.165) is 12.1 Å². The molecule has 9 heteroatoms. The van der Waals surface area contributed by atoms with E-state index < -0.39 is 22.0 Å². The summed E-state index contributed by atoms with van der Waals surface area (Å²) in [4.78, 5) is 16.4. The molecular formula is C20H22FN3O4S. The number of sulfonamides is 1. The summed E-state index contributed by atoms with van der Waals surface area (Å²) in [5.41, 5.74) is 0.706. The van der Waals surface area contributed by atoms with Crippen molar-refractivity contribution < 1.29 is 22.3 Å².